The van der Waals surface area contributed by atoms with E-state index in [9.17, 15) is 77.9 Å². The maximum Gasteiger partial charge on any atom is 0.450 e. The molecule has 2 aromatic carbocycles. The Kier molecular flexibility index (Phi) is 19.2. The van der Waals surface area contributed by atoms with Gasteiger partial charge in [-0.3, -0.25) is 38.4 Å². The van der Waals surface area contributed by atoms with E-state index in [0.717, 1.165) is 24.8 Å². The molecule has 0 heterocycles. The summed E-state index contributed by atoms with van der Waals surface area (Å²) >= 11 is 0. The van der Waals surface area contributed by atoms with E-state index in [-0.39, 0.29) is 35.4 Å². The minimum absolute atomic E-state index is 0.00398. The second-order valence-electron chi connectivity index (χ2n) is 12.8. The third-order valence-corrected chi connectivity index (χ3v) is 7.88. The lowest BCUT2D eigenvalue weighted by Gasteiger charge is -2.19. The normalized spacial score (nSPS) is 14.3. The van der Waals surface area contributed by atoms with Crippen LogP contribution in [0.4, 0.5) is 39.5 Å². The van der Waals surface area contributed by atoms with Crippen molar-refractivity contribution in [2.24, 2.45) is 11.8 Å². The van der Waals surface area contributed by atoms with Crippen molar-refractivity contribution in [3.63, 3.8) is 0 Å². The van der Waals surface area contributed by atoms with Gasteiger partial charge in [0.05, 0.1) is 25.7 Å². The Morgan fingerprint density at radius 1 is 0.509 bits per heavy atom. The van der Waals surface area contributed by atoms with Crippen LogP contribution in [0.3, 0.4) is 0 Å². The Morgan fingerprint density at radius 3 is 1.31 bits per heavy atom. The van der Waals surface area contributed by atoms with Crippen molar-refractivity contribution in [2.75, 3.05) is 0 Å². The van der Waals surface area contributed by atoms with Crippen LogP contribution in [0.2, 0.25) is 0 Å². The number of Topliss-reactive ketones (excluding diaryl/α,β-unsaturated/α-hetero) is 8. The lowest BCUT2D eigenvalue weighted by Crippen LogP contribution is -2.28. The first-order valence-corrected chi connectivity index (χ1v) is 16.9. The number of rotatable bonds is 12. The summed E-state index contributed by atoms with van der Waals surface area (Å²) in [4.78, 5) is 86.7. The SMILES string of the molecule is CC(=O)CC(=O)c1ccccc1.Cc1cccc(C(=O)CC(=O)C(F)(F)F)c1.O=C(CC(=O)C(F)(F)F)C1CC1.O=C(CC(=O)C(F)(F)F)C1CCCCC1. The molecule has 2 saturated carbocycles. The van der Waals surface area contributed by atoms with Gasteiger partial charge in [0.15, 0.2) is 11.6 Å². The highest BCUT2D eigenvalue weighted by Gasteiger charge is 2.42. The first-order chi connectivity index (χ1) is 25.3. The standard InChI is InChI=1S/C11H9F3O2.C10H13F3O2.C10H10O2.C7H7F3O2/c1-7-3-2-4-8(5-7)9(15)6-10(16)11(12,13)14;11-10(12,13)9(15)6-8(14)7-4-2-1-3-5-7;1-8(11)7-10(12)9-5-3-2-4-6-9;8-7(9,10)6(12)3-5(11)4-1-2-4/h2-5H,6H2,1H3;7H,1-6H2;2-6H,7H2,1H3;4H,1-3H2. The quantitative estimate of drug-likeness (QED) is 0.118. The van der Waals surface area contributed by atoms with Gasteiger partial charge in [0.25, 0.3) is 0 Å². The first-order valence-electron chi connectivity index (χ1n) is 16.9. The number of ketones is 8. The van der Waals surface area contributed by atoms with Crippen LogP contribution in [0.1, 0.15) is 104 Å². The van der Waals surface area contributed by atoms with Crippen LogP contribution in [-0.4, -0.2) is 64.8 Å². The highest BCUT2D eigenvalue weighted by Crippen LogP contribution is 2.32. The maximum atomic E-state index is 11.9. The van der Waals surface area contributed by atoms with Crippen molar-refractivity contribution in [1.29, 1.82) is 0 Å². The minimum Gasteiger partial charge on any atom is -0.300 e. The molecule has 55 heavy (non-hydrogen) atoms. The number of carbonyl (C=O) groups is 8. The smallest absolute Gasteiger partial charge is 0.300 e. The second kappa shape index (κ2) is 21.9. The first kappa shape index (κ1) is 48.2. The number of benzene rings is 2. The molecule has 4 rings (SSSR count). The van der Waals surface area contributed by atoms with Crippen molar-refractivity contribution < 1.29 is 77.9 Å². The Hall–Kier alpha value is -4.83. The van der Waals surface area contributed by atoms with E-state index in [1.54, 1.807) is 43.3 Å². The highest BCUT2D eigenvalue weighted by molar-refractivity contribution is 6.09. The molecule has 0 bridgehead atoms. The van der Waals surface area contributed by atoms with Crippen molar-refractivity contribution >= 4 is 46.3 Å². The summed E-state index contributed by atoms with van der Waals surface area (Å²) in [6.45, 7) is 3.13. The molecule has 2 fully saturated rings. The molecule has 0 aliphatic heterocycles. The van der Waals surface area contributed by atoms with Gasteiger partial charge in [-0.05, 0) is 45.6 Å². The molecule has 0 atom stereocenters. The predicted molar refractivity (Wildman–Crippen MR) is 178 cm³/mol. The van der Waals surface area contributed by atoms with E-state index >= 15 is 0 Å². The van der Waals surface area contributed by atoms with E-state index in [1.165, 1.54) is 19.1 Å². The molecule has 2 aliphatic rings. The van der Waals surface area contributed by atoms with Crippen molar-refractivity contribution in [1.82, 2.24) is 0 Å². The van der Waals surface area contributed by atoms with Crippen molar-refractivity contribution in [3.8, 4) is 0 Å². The van der Waals surface area contributed by atoms with Gasteiger partial charge in [-0.2, -0.15) is 39.5 Å². The van der Waals surface area contributed by atoms with Gasteiger partial charge in [0.2, 0.25) is 17.3 Å². The van der Waals surface area contributed by atoms with E-state index in [1.807, 2.05) is 6.07 Å². The van der Waals surface area contributed by atoms with Gasteiger partial charge >= 0.3 is 18.5 Å². The monoisotopic (exact) mass is 794 g/mol. The van der Waals surface area contributed by atoms with E-state index < -0.39 is 72.5 Å². The van der Waals surface area contributed by atoms with Crippen molar-refractivity contribution in [2.45, 2.75) is 103 Å². The van der Waals surface area contributed by atoms with Crippen LogP contribution >= 0.6 is 0 Å². The number of carbonyl (C=O) groups excluding carboxylic acids is 8. The topological polar surface area (TPSA) is 137 Å². The zero-order valence-corrected chi connectivity index (χ0v) is 29.8. The molecular formula is C38H39F9O8. The fraction of sp³-hybridized carbons (Fsp3) is 0.474. The zero-order valence-electron chi connectivity index (χ0n) is 29.8. The summed E-state index contributed by atoms with van der Waals surface area (Å²) in [6.07, 6.45) is -12.5. The van der Waals surface area contributed by atoms with Crippen LogP contribution in [0.5, 0.6) is 0 Å². The van der Waals surface area contributed by atoms with E-state index in [2.05, 4.69) is 0 Å². The van der Waals surface area contributed by atoms with Crippen LogP contribution in [0.25, 0.3) is 0 Å². The molecule has 0 N–H and O–H groups in total. The number of hydrogen-bond donors (Lipinski definition) is 0. The van der Waals surface area contributed by atoms with Crippen LogP contribution < -0.4 is 0 Å². The van der Waals surface area contributed by atoms with E-state index in [4.69, 9.17) is 0 Å². The van der Waals surface area contributed by atoms with Gasteiger partial charge in [-0.15, -0.1) is 0 Å². The average Bonchev–Trinajstić information content (AvgIpc) is 3.94. The summed E-state index contributed by atoms with van der Waals surface area (Å²) in [5.41, 5.74) is 1.48. The molecule has 0 radical (unpaired) electrons. The molecular weight excluding hydrogens is 755 g/mol. The number of alkyl halides is 9. The number of aryl methyl sites for hydroxylation is 1. The fourth-order valence-electron chi connectivity index (χ4n) is 4.75. The zero-order chi connectivity index (χ0) is 42.1. The third kappa shape index (κ3) is 19.9. The van der Waals surface area contributed by atoms with Gasteiger partial charge in [0, 0.05) is 23.0 Å². The predicted octanol–water partition coefficient (Wildman–Crippen LogP) is 8.69. The van der Waals surface area contributed by atoms with Crippen LogP contribution in [0.15, 0.2) is 54.6 Å². The summed E-state index contributed by atoms with van der Waals surface area (Å²) in [7, 11) is 0. The molecule has 0 unspecified atom stereocenters. The van der Waals surface area contributed by atoms with Gasteiger partial charge < -0.3 is 0 Å². The average molecular weight is 795 g/mol. The molecule has 0 saturated heterocycles. The van der Waals surface area contributed by atoms with Gasteiger partial charge in [-0.1, -0.05) is 73.4 Å². The Bertz CT molecular complexity index is 1670. The Labute approximate surface area is 310 Å². The summed E-state index contributed by atoms with van der Waals surface area (Å²) in [6, 6.07) is 14.9. The minimum atomic E-state index is -4.94. The second-order valence-corrected chi connectivity index (χ2v) is 12.8. The summed E-state index contributed by atoms with van der Waals surface area (Å²) in [5.74, 6) is -8.61. The molecule has 0 spiro atoms. The molecule has 8 nitrogen and oxygen atoms in total. The van der Waals surface area contributed by atoms with Crippen molar-refractivity contribution in [3.05, 3.63) is 71.3 Å². The number of halogens is 9. The van der Waals surface area contributed by atoms with Crippen LogP contribution in [-0.2, 0) is 28.8 Å². The summed E-state index contributed by atoms with van der Waals surface area (Å²) in [5, 5.41) is 0. The number of hydrogen-bond acceptors (Lipinski definition) is 8. The third-order valence-electron chi connectivity index (χ3n) is 7.88. The summed E-state index contributed by atoms with van der Waals surface area (Å²) < 4.78 is 106. The molecule has 302 valence electrons. The molecule has 2 aromatic rings. The molecule has 0 aromatic heterocycles. The van der Waals surface area contributed by atoms with Gasteiger partial charge in [0.1, 0.15) is 17.3 Å². The largest absolute Gasteiger partial charge is 0.450 e. The molecule has 0 amide bonds. The van der Waals surface area contributed by atoms with Crippen LogP contribution in [0, 0.1) is 18.8 Å². The maximum absolute atomic E-state index is 11.9. The molecule has 17 heteroatoms. The van der Waals surface area contributed by atoms with E-state index in [0.29, 0.717) is 31.2 Å². The lowest BCUT2D eigenvalue weighted by atomic mass is 9.84. The fourth-order valence-corrected chi connectivity index (χ4v) is 4.75. The Morgan fingerprint density at radius 2 is 0.909 bits per heavy atom. The lowest BCUT2D eigenvalue weighted by molar-refractivity contribution is -0.172. The van der Waals surface area contributed by atoms with Gasteiger partial charge in [-0.25, -0.2) is 0 Å². The highest BCUT2D eigenvalue weighted by atomic mass is 19.4. The molecule has 2 aliphatic carbocycles. The Balaban J connectivity index is 0.000000369.